The summed E-state index contributed by atoms with van der Waals surface area (Å²) in [5, 5.41) is 7.71. The van der Waals surface area contributed by atoms with Gasteiger partial charge >= 0.3 is 6.09 Å². The number of alkyl carbamates (subject to hydrolysis) is 1. The van der Waals surface area contributed by atoms with Crippen LogP contribution in [0.25, 0.3) is 5.65 Å². The third kappa shape index (κ3) is 6.00. The molecule has 0 spiro atoms. The van der Waals surface area contributed by atoms with E-state index in [0.717, 1.165) is 41.9 Å². The van der Waals surface area contributed by atoms with Gasteiger partial charge in [0.25, 0.3) is 5.91 Å². The van der Waals surface area contributed by atoms with Crippen LogP contribution >= 0.6 is 0 Å². The summed E-state index contributed by atoms with van der Waals surface area (Å²) in [5.41, 5.74) is 9.26. The zero-order chi connectivity index (χ0) is 27.8. The van der Waals surface area contributed by atoms with E-state index in [2.05, 4.69) is 23.4 Å². The van der Waals surface area contributed by atoms with Crippen molar-refractivity contribution in [1.82, 2.24) is 24.8 Å². The van der Waals surface area contributed by atoms with Gasteiger partial charge in [-0.2, -0.15) is 5.10 Å². The Morgan fingerprint density at radius 3 is 2.58 bits per heavy atom. The zero-order valence-corrected chi connectivity index (χ0v) is 23.1. The topological polar surface area (TPSA) is 118 Å². The minimum absolute atomic E-state index is 0.00306. The molecular weight excluding hydrogens is 482 g/mol. The number of nitrogens with one attached hydrogen (secondary N) is 1. The van der Waals surface area contributed by atoms with Gasteiger partial charge in [0.2, 0.25) is 0 Å². The fourth-order valence-corrected chi connectivity index (χ4v) is 4.89. The molecule has 0 bridgehead atoms. The number of carbonyl (C=O) groups excluding carboxylic acids is 2. The van der Waals surface area contributed by atoms with Gasteiger partial charge < -0.3 is 25.6 Å². The molecule has 0 aromatic carbocycles. The maximum absolute atomic E-state index is 13.5. The molecule has 2 fully saturated rings. The van der Waals surface area contributed by atoms with Gasteiger partial charge in [0.05, 0.1) is 23.4 Å². The standard InChI is InChI=1S/C28H39N7O3/c1-17(2)12-21(19(4)29)26(36)34-11-9-8-10-23(34)22-13-24-31-25(18(3)14-35(24)32-22)33-15-20(16-33)30-27(37)38-28(5,6)7/h12-14,20,23H,1,4,8-11,15-16,29H2,2-3,5-7H3,(H,30,37)/b21-12+. The van der Waals surface area contributed by atoms with E-state index in [0.29, 0.717) is 30.9 Å². The Morgan fingerprint density at radius 1 is 1.24 bits per heavy atom. The van der Waals surface area contributed by atoms with Gasteiger partial charge in [-0.1, -0.05) is 18.7 Å². The van der Waals surface area contributed by atoms with Crippen molar-refractivity contribution in [3.8, 4) is 0 Å². The molecule has 0 radical (unpaired) electrons. The van der Waals surface area contributed by atoms with Crippen LogP contribution < -0.4 is 16.0 Å². The molecule has 1 atom stereocenters. The number of fused-ring (bicyclic) bond motifs is 1. The highest BCUT2D eigenvalue weighted by molar-refractivity contribution is 5.98. The molecule has 38 heavy (non-hydrogen) atoms. The molecule has 10 heteroatoms. The lowest BCUT2D eigenvalue weighted by Crippen LogP contribution is -2.60. The second-order valence-corrected chi connectivity index (χ2v) is 11.3. The van der Waals surface area contributed by atoms with Crippen molar-refractivity contribution in [3.05, 3.63) is 59.6 Å². The lowest BCUT2D eigenvalue weighted by molar-refractivity contribution is -0.130. The van der Waals surface area contributed by atoms with Gasteiger partial charge in [-0.15, -0.1) is 0 Å². The Kier molecular flexibility index (Phi) is 7.53. The summed E-state index contributed by atoms with van der Waals surface area (Å²) in [7, 11) is 0. The molecule has 10 nitrogen and oxygen atoms in total. The van der Waals surface area contributed by atoms with Crippen molar-refractivity contribution in [2.75, 3.05) is 24.5 Å². The average Bonchev–Trinajstić information content (AvgIpc) is 3.20. The first-order chi connectivity index (χ1) is 17.8. The molecule has 2 aliphatic heterocycles. The van der Waals surface area contributed by atoms with Gasteiger partial charge in [-0.25, -0.2) is 14.3 Å². The Morgan fingerprint density at radius 2 is 1.95 bits per heavy atom. The predicted octanol–water partition coefficient (Wildman–Crippen LogP) is 3.78. The first-order valence-corrected chi connectivity index (χ1v) is 13.1. The highest BCUT2D eigenvalue weighted by Gasteiger charge is 2.34. The number of piperidine rings is 1. The summed E-state index contributed by atoms with van der Waals surface area (Å²) in [4.78, 5) is 34.4. The van der Waals surface area contributed by atoms with Crippen LogP contribution in [0.3, 0.4) is 0 Å². The number of allylic oxidation sites excluding steroid dienone is 2. The quantitative estimate of drug-likeness (QED) is 0.439. The molecule has 1 unspecified atom stereocenters. The Bertz CT molecular complexity index is 1300. The monoisotopic (exact) mass is 521 g/mol. The second kappa shape index (κ2) is 10.5. The first kappa shape index (κ1) is 27.2. The molecule has 0 saturated carbocycles. The molecule has 2 saturated heterocycles. The van der Waals surface area contributed by atoms with E-state index in [1.165, 1.54) is 0 Å². The number of nitrogens with two attached hydrogens (primary N) is 1. The largest absolute Gasteiger partial charge is 0.444 e. The van der Waals surface area contributed by atoms with Gasteiger partial charge in [-0.3, -0.25) is 4.79 Å². The summed E-state index contributed by atoms with van der Waals surface area (Å²) in [6, 6.07) is 1.78. The number of anilines is 1. The maximum atomic E-state index is 13.5. The van der Waals surface area contributed by atoms with E-state index in [1.807, 2.05) is 51.8 Å². The molecule has 2 aromatic rings. The number of aromatic nitrogens is 3. The SMILES string of the molecule is C=C(C)/C=C(\C(=C)N)C(=O)N1CCCCC1c1cc2nc(N3CC(NC(=O)OC(C)(C)C)C3)c(C)cn2n1. The van der Waals surface area contributed by atoms with Crippen molar-refractivity contribution in [1.29, 1.82) is 0 Å². The van der Waals surface area contributed by atoms with Crippen LogP contribution in [0.15, 0.2) is 48.3 Å². The van der Waals surface area contributed by atoms with Gasteiger partial charge in [-0.05, 0) is 60.0 Å². The highest BCUT2D eigenvalue weighted by atomic mass is 16.6. The van der Waals surface area contributed by atoms with E-state index < -0.39 is 11.7 Å². The fourth-order valence-electron chi connectivity index (χ4n) is 4.89. The summed E-state index contributed by atoms with van der Waals surface area (Å²) in [5.74, 6) is 0.699. The third-order valence-electron chi connectivity index (χ3n) is 6.60. The van der Waals surface area contributed by atoms with Crippen LogP contribution in [-0.4, -0.2) is 62.8 Å². The summed E-state index contributed by atoms with van der Waals surface area (Å²) < 4.78 is 7.13. The van der Waals surface area contributed by atoms with E-state index in [1.54, 1.807) is 10.6 Å². The summed E-state index contributed by atoms with van der Waals surface area (Å²) in [6.45, 7) is 19.0. The van der Waals surface area contributed by atoms with Crippen molar-refractivity contribution in [2.45, 2.75) is 71.6 Å². The molecule has 4 heterocycles. The predicted molar refractivity (Wildman–Crippen MR) is 148 cm³/mol. The van der Waals surface area contributed by atoms with Crippen LogP contribution in [0.1, 0.15) is 64.3 Å². The number of nitrogens with zero attached hydrogens (tertiary/aromatic N) is 5. The number of likely N-dealkylation sites (tertiary alicyclic amines) is 1. The number of rotatable bonds is 6. The summed E-state index contributed by atoms with van der Waals surface area (Å²) >= 11 is 0. The summed E-state index contributed by atoms with van der Waals surface area (Å²) in [6.07, 6.45) is 5.97. The van der Waals surface area contributed by atoms with Crippen LogP contribution in [0, 0.1) is 6.92 Å². The van der Waals surface area contributed by atoms with E-state index in [4.69, 9.17) is 20.6 Å². The third-order valence-corrected chi connectivity index (χ3v) is 6.60. The average molecular weight is 522 g/mol. The Labute approximate surface area is 224 Å². The molecule has 2 aromatic heterocycles. The molecule has 204 valence electrons. The number of ether oxygens (including phenoxy) is 1. The van der Waals surface area contributed by atoms with E-state index in [-0.39, 0.29) is 23.7 Å². The molecule has 2 aliphatic rings. The van der Waals surface area contributed by atoms with E-state index >= 15 is 0 Å². The van der Waals surface area contributed by atoms with Crippen molar-refractivity contribution in [2.24, 2.45) is 5.73 Å². The number of aryl methyl sites for hydroxylation is 1. The molecular formula is C28H39N7O3. The van der Waals surface area contributed by atoms with E-state index in [9.17, 15) is 9.59 Å². The zero-order valence-electron chi connectivity index (χ0n) is 23.1. The number of hydrogen-bond acceptors (Lipinski definition) is 7. The van der Waals surface area contributed by atoms with Gasteiger partial charge in [0.1, 0.15) is 11.4 Å². The lowest BCUT2D eigenvalue weighted by Gasteiger charge is -2.41. The normalized spacial score (nSPS) is 18.8. The Balaban J connectivity index is 1.52. The molecule has 4 rings (SSSR count). The van der Waals surface area contributed by atoms with Crippen LogP contribution in [0.5, 0.6) is 0 Å². The van der Waals surface area contributed by atoms with Crippen molar-refractivity contribution < 1.29 is 14.3 Å². The smallest absolute Gasteiger partial charge is 0.407 e. The number of amides is 2. The maximum Gasteiger partial charge on any atom is 0.407 e. The van der Waals surface area contributed by atoms with Gasteiger partial charge in [0, 0.05) is 43.2 Å². The number of carbonyl (C=O) groups is 2. The Hall–Kier alpha value is -3.82. The second-order valence-electron chi connectivity index (χ2n) is 11.3. The number of hydrogen-bond donors (Lipinski definition) is 2. The molecule has 3 N–H and O–H groups in total. The highest BCUT2D eigenvalue weighted by Crippen LogP contribution is 2.33. The lowest BCUT2D eigenvalue weighted by atomic mass is 9.97. The van der Waals surface area contributed by atoms with Crippen molar-refractivity contribution >= 4 is 23.5 Å². The minimum Gasteiger partial charge on any atom is -0.444 e. The fraction of sp³-hybridized carbons (Fsp3) is 0.500. The first-order valence-electron chi connectivity index (χ1n) is 13.1. The van der Waals surface area contributed by atoms with Gasteiger partial charge in [0.15, 0.2) is 5.65 Å². The molecule has 2 amide bonds. The molecule has 0 aliphatic carbocycles. The minimum atomic E-state index is -0.532. The van der Waals surface area contributed by atoms with Crippen LogP contribution in [0.2, 0.25) is 0 Å². The van der Waals surface area contributed by atoms with Crippen LogP contribution in [-0.2, 0) is 9.53 Å². The van der Waals surface area contributed by atoms with Crippen LogP contribution in [0.4, 0.5) is 10.6 Å². The van der Waals surface area contributed by atoms with Crippen molar-refractivity contribution in [3.63, 3.8) is 0 Å².